The lowest BCUT2D eigenvalue weighted by Crippen LogP contribution is -2.30. The highest BCUT2D eigenvalue weighted by molar-refractivity contribution is 6.33. The van der Waals surface area contributed by atoms with Crippen molar-refractivity contribution in [2.75, 3.05) is 20.8 Å². The van der Waals surface area contributed by atoms with E-state index in [0.29, 0.717) is 5.75 Å². The van der Waals surface area contributed by atoms with Gasteiger partial charge >= 0.3 is 0 Å². The van der Waals surface area contributed by atoms with Crippen molar-refractivity contribution >= 4 is 17.5 Å². The molecule has 0 aliphatic rings. The van der Waals surface area contributed by atoms with Gasteiger partial charge in [0.05, 0.1) is 23.8 Å². The van der Waals surface area contributed by atoms with Crippen LogP contribution in [0.15, 0.2) is 42.5 Å². The fraction of sp³-hybridized carbons (Fsp3) is 0.235. The number of carbonyl (C=O) groups is 1. The zero-order valence-corrected chi connectivity index (χ0v) is 13.6. The molecule has 2 rings (SSSR count). The Bertz CT molecular complexity index is 673. The van der Waals surface area contributed by atoms with E-state index in [1.807, 2.05) is 24.3 Å². The van der Waals surface area contributed by atoms with Crippen LogP contribution in [0.3, 0.4) is 0 Å². The van der Waals surface area contributed by atoms with Crippen molar-refractivity contribution in [2.24, 2.45) is 0 Å². The number of hydrogen-bond acceptors (Lipinski definition) is 3. The predicted octanol–water partition coefficient (Wildman–Crippen LogP) is 3.61. The first kappa shape index (κ1) is 17.2. The number of benzene rings is 2. The molecule has 0 fully saturated rings. The summed E-state index contributed by atoms with van der Waals surface area (Å²) in [4.78, 5) is 12.1. The molecule has 0 saturated heterocycles. The summed E-state index contributed by atoms with van der Waals surface area (Å²) in [7, 11) is 3.11. The number of rotatable bonds is 6. The lowest BCUT2D eigenvalue weighted by Gasteiger charge is -2.17. The normalized spacial score (nSPS) is 11.8. The van der Waals surface area contributed by atoms with Gasteiger partial charge in [-0.15, -0.1) is 0 Å². The summed E-state index contributed by atoms with van der Waals surface area (Å²) >= 11 is 5.88. The maximum atomic E-state index is 13.7. The summed E-state index contributed by atoms with van der Waals surface area (Å²) < 4.78 is 24.3. The van der Waals surface area contributed by atoms with Gasteiger partial charge in [0.25, 0.3) is 5.91 Å². The number of carbonyl (C=O) groups excluding carboxylic acids is 1. The maximum absolute atomic E-state index is 13.7. The zero-order chi connectivity index (χ0) is 16.8. The molecule has 2 aromatic rings. The van der Waals surface area contributed by atoms with Crippen molar-refractivity contribution in [1.82, 2.24) is 5.32 Å². The molecule has 122 valence electrons. The molecule has 1 amide bonds. The molecule has 6 heteroatoms. The number of halogens is 2. The molecular formula is C17H17ClFNO3. The van der Waals surface area contributed by atoms with Gasteiger partial charge in [-0.3, -0.25) is 4.79 Å². The van der Waals surface area contributed by atoms with Crippen LogP contribution in [0.25, 0.3) is 0 Å². The van der Waals surface area contributed by atoms with E-state index in [1.54, 1.807) is 7.11 Å². The third kappa shape index (κ3) is 4.21. The molecule has 0 saturated carbocycles. The highest BCUT2D eigenvalue weighted by Gasteiger charge is 2.18. The van der Waals surface area contributed by atoms with Crippen LogP contribution in [-0.4, -0.2) is 26.7 Å². The number of nitrogens with one attached hydrogen (secondary N) is 1. The first-order valence-electron chi connectivity index (χ1n) is 6.95. The second-order valence-corrected chi connectivity index (χ2v) is 5.21. The Morgan fingerprint density at radius 3 is 2.65 bits per heavy atom. The Morgan fingerprint density at radius 1 is 1.26 bits per heavy atom. The van der Waals surface area contributed by atoms with Gasteiger partial charge in [0.15, 0.2) is 0 Å². The first-order valence-corrected chi connectivity index (χ1v) is 7.33. The number of ether oxygens (including phenoxy) is 2. The molecule has 0 aliphatic carbocycles. The topological polar surface area (TPSA) is 47.6 Å². The fourth-order valence-corrected chi connectivity index (χ4v) is 2.42. The summed E-state index contributed by atoms with van der Waals surface area (Å²) in [5.74, 6) is -0.559. The highest BCUT2D eigenvalue weighted by atomic mass is 35.5. The molecule has 1 atom stereocenters. The average Bonchev–Trinajstić information content (AvgIpc) is 2.55. The summed E-state index contributed by atoms with van der Waals surface area (Å²) in [6.07, 6.45) is -0.389. The summed E-state index contributed by atoms with van der Waals surface area (Å²) in [5.41, 5.74) is 0.668. The Labute approximate surface area is 139 Å². The smallest absolute Gasteiger partial charge is 0.255 e. The van der Waals surface area contributed by atoms with Crippen molar-refractivity contribution in [3.63, 3.8) is 0 Å². The minimum absolute atomic E-state index is 0.0675. The maximum Gasteiger partial charge on any atom is 0.255 e. The van der Waals surface area contributed by atoms with E-state index in [9.17, 15) is 9.18 Å². The lowest BCUT2D eigenvalue weighted by atomic mass is 10.1. The van der Waals surface area contributed by atoms with E-state index in [4.69, 9.17) is 21.1 Å². The Kier molecular flexibility index (Phi) is 5.96. The monoisotopic (exact) mass is 337 g/mol. The molecule has 0 aromatic heterocycles. The molecule has 0 bridgehead atoms. The van der Waals surface area contributed by atoms with Gasteiger partial charge in [-0.25, -0.2) is 4.39 Å². The average molecular weight is 338 g/mol. The van der Waals surface area contributed by atoms with E-state index in [1.165, 1.54) is 25.3 Å². The van der Waals surface area contributed by atoms with Gasteiger partial charge < -0.3 is 14.8 Å². The third-order valence-electron chi connectivity index (χ3n) is 3.39. The third-order valence-corrected chi connectivity index (χ3v) is 3.70. The molecule has 23 heavy (non-hydrogen) atoms. The summed E-state index contributed by atoms with van der Waals surface area (Å²) in [6, 6.07) is 11.4. The van der Waals surface area contributed by atoms with E-state index < -0.39 is 11.7 Å². The molecule has 1 N–H and O–H groups in total. The quantitative estimate of drug-likeness (QED) is 0.876. The van der Waals surface area contributed by atoms with E-state index in [2.05, 4.69) is 5.32 Å². The molecule has 4 nitrogen and oxygen atoms in total. The molecule has 2 aromatic carbocycles. The number of hydrogen-bond donors (Lipinski definition) is 1. The SMILES string of the molecule is COc1cccc([C@@H](CNC(=O)c2c(F)cccc2Cl)OC)c1. The van der Waals surface area contributed by atoms with Crippen LogP contribution in [0.5, 0.6) is 5.75 Å². The van der Waals surface area contributed by atoms with E-state index >= 15 is 0 Å². The second-order valence-electron chi connectivity index (χ2n) is 4.81. The van der Waals surface area contributed by atoms with Crippen LogP contribution in [0.1, 0.15) is 22.0 Å². The minimum Gasteiger partial charge on any atom is -0.497 e. The van der Waals surface area contributed by atoms with Crippen molar-refractivity contribution in [3.8, 4) is 5.75 Å². The molecular weight excluding hydrogens is 321 g/mol. The van der Waals surface area contributed by atoms with Crippen molar-refractivity contribution in [2.45, 2.75) is 6.10 Å². The molecule has 0 spiro atoms. The first-order chi connectivity index (χ1) is 11.1. The van der Waals surface area contributed by atoms with Crippen LogP contribution in [0.2, 0.25) is 5.02 Å². The predicted molar refractivity (Wildman–Crippen MR) is 86.5 cm³/mol. The van der Waals surface area contributed by atoms with E-state index in [-0.39, 0.29) is 23.2 Å². The van der Waals surface area contributed by atoms with Gasteiger partial charge in [-0.05, 0) is 29.8 Å². The number of amides is 1. The molecule has 0 unspecified atom stereocenters. The Balaban J connectivity index is 2.09. The summed E-state index contributed by atoms with van der Waals surface area (Å²) in [5, 5.41) is 2.71. The molecule has 0 aliphatic heterocycles. The van der Waals surface area contributed by atoms with Crippen LogP contribution in [0.4, 0.5) is 4.39 Å². The fourth-order valence-electron chi connectivity index (χ4n) is 2.17. The molecule has 0 radical (unpaired) electrons. The number of methoxy groups -OCH3 is 2. The van der Waals surface area contributed by atoms with Gasteiger partial charge in [0, 0.05) is 13.7 Å². The standard InChI is InChI=1S/C17H17ClFNO3/c1-22-12-6-3-5-11(9-12)15(23-2)10-20-17(21)16-13(18)7-4-8-14(16)19/h3-9,15H,10H2,1-2H3,(H,20,21)/t15-/m1/s1. The van der Waals surface area contributed by atoms with Crippen LogP contribution in [0, 0.1) is 5.82 Å². The minimum atomic E-state index is -0.662. The highest BCUT2D eigenvalue weighted by Crippen LogP contribution is 2.22. The summed E-state index contributed by atoms with van der Waals surface area (Å²) in [6.45, 7) is 0.174. The van der Waals surface area contributed by atoms with Gasteiger partial charge in [0.2, 0.25) is 0 Å². The zero-order valence-electron chi connectivity index (χ0n) is 12.8. The lowest BCUT2D eigenvalue weighted by molar-refractivity contribution is 0.0824. The largest absolute Gasteiger partial charge is 0.497 e. The van der Waals surface area contributed by atoms with E-state index in [0.717, 1.165) is 5.56 Å². The van der Waals surface area contributed by atoms with Gasteiger partial charge in [-0.1, -0.05) is 29.8 Å². The van der Waals surface area contributed by atoms with Gasteiger partial charge in [0.1, 0.15) is 11.6 Å². The van der Waals surface area contributed by atoms with Crippen LogP contribution < -0.4 is 10.1 Å². The van der Waals surface area contributed by atoms with Crippen LogP contribution in [-0.2, 0) is 4.74 Å². The van der Waals surface area contributed by atoms with Gasteiger partial charge in [-0.2, -0.15) is 0 Å². The van der Waals surface area contributed by atoms with Crippen molar-refractivity contribution in [3.05, 3.63) is 64.4 Å². The molecule has 0 heterocycles. The van der Waals surface area contributed by atoms with Crippen molar-refractivity contribution in [1.29, 1.82) is 0 Å². The van der Waals surface area contributed by atoms with Crippen molar-refractivity contribution < 1.29 is 18.7 Å². The van der Waals surface area contributed by atoms with Crippen LogP contribution >= 0.6 is 11.6 Å². The second kappa shape index (κ2) is 7.94. The Hall–Kier alpha value is -2.11. The Morgan fingerprint density at radius 2 is 2.00 bits per heavy atom.